The lowest BCUT2D eigenvalue weighted by Gasteiger charge is -2.08. The predicted molar refractivity (Wildman–Crippen MR) is 60.5 cm³/mol. The van der Waals surface area contributed by atoms with Gasteiger partial charge < -0.3 is 0 Å². The summed E-state index contributed by atoms with van der Waals surface area (Å²) in [6.45, 7) is 2.21. The Balaban J connectivity index is 2.12. The molecule has 1 aliphatic rings. The van der Waals surface area contributed by atoms with E-state index >= 15 is 0 Å². The molecule has 0 N–H and O–H groups in total. The standard InChI is InChI=1S/C12H16S/c1-2-10-3-5-11(6-4-10)12-7-8-13-9-12/h3-6,12H,2,7-9H2,1H3. The minimum Gasteiger partial charge on any atom is -0.161 e. The fourth-order valence-corrected chi connectivity index (χ4v) is 3.08. The van der Waals surface area contributed by atoms with Crippen LogP contribution in [0.15, 0.2) is 24.3 Å². The van der Waals surface area contributed by atoms with Crippen LogP contribution < -0.4 is 0 Å². The molecule has 0 nitrogen and oxygen atoms in total. The first-order chi connectivity index (χ1) is 6.40. The summed E-state index contributed by atoms with van der Waals surface area (Å²) < 4.78 is 0. The molecule has 1 heteroatoms. The van der Waals surface area contributed by atoms with Crippen LogP contribution in [0, 0.1) is 0 Å². The van der Waals surface area contributed by atoms with Gasteiger partial charge in [0.1, 0.15) is 0 Å². The maximum absolute atomic E-state index is 2.31. The van der Waals surface area contributed by atoms with Crippen molar-refractivity contribution >= 4 is 11.8 Å². The SMILES string of the molecule is CCc1ccc(C2CCSC2)cc1. The number of benzene rings is 1. The Labute approximate surface area is 84.7 Å². The average Bonchev–Trinajstić information content (AvgIpc) is 2.71. The Bertz CT molecular complexity index is 257. The van der Waals surface area contributed by atoms with Crippen LogP contribution >= 0.6 is 11.8 Å². The van der Waals surface area contributed by atoms with E-state index in [2.05, 4.69) is 43.0 Å². The van der Waals surface area contributed by atoms with Crippen molar-refractivity contribution in [3.63, 3.8) is 0 Å². The van der Waals surface area contributed by atoms with Crippen molar-refractivity contribution in [2.75, 3.05) is 11.5 Å². The van der Waals surface area contributed by atoms with Crippen molar-refractivity contribution in [3.8, 4) is 0 Å². The van der Waals surface area contributed by atoms with E-state index in [4.69, 9.17) is 0 Å². The van der Waals surface area contributed by atoms with E-state index in [0.717, 1.165) is 12.3 Å². The normalized spacial score (nSPS) is 22.1. The molecule has 0 spiro atoms. The van der Waals surface area contributed by atoms with Gasteiger partial charge in [-0.15, -0.1) is 0 Å². The van der Waals surface area contributed by atoms with E-state index in [0.29, 0.717) is 0 Å². The minimum atomic E-state index is 0.830. The Kier molecular flexibility index (Phi) is 2.94. The van der Waals surface area contributed by atoms with Crippen LogP contribution in [-0.2, 0) is 6.42 Å². The molecule has 1 aromatic rings. The molecule has 70 valence electrons. The highest BCUT2D eigenvalue weighted by molar-refractivity contribution is 7.99. The fraction of sp³-hybridized carbons (Fsp3) is 0.500. The Morgan fingerprint density at radius 2 is 2.08 bits per heavy atom. The van der Waals surface area contributed by atoms with E-state index in [1.165, 1.54) is 23.5 Å². The van der Waals surface area contributed by atoms with Crippen LogP contribution in [-0.4, -0.2) is 11.5 Å². The van der Waals surface area contributed by atoms with Crippen LogP contribution in [0.3, 0.4) is 0 Å². The van der Waals surface area contributed by atoms with E-state index < -0.39 is 0 Å². The first kappa shape index (κ1) is 9.14. The monoisotopic (exact) mass is 192 g/mol. The van der Waals surface area contributed by atoms with E-state index in [1.54, 1.807) is 5.56 Å². The maximum Gasteiger partial charge on any atom is 0.000177 e. The first-order valence-corrected chi connectivity index (χ1v) is 6.22. The van der Waals surface area contributed by atoms with Crippen molar-refractivity contribution in [1.82, 2.24) is 0 Å². The molecule has 0 amide bonds. The highest BCUT2D eigenvalue weighted by Gasteiger charge is 2.16. The number of thioether (sulfide) groups is 1. The lowest BCUT2D eigenvalue weighted by molar-refractivity contribution is 0.781. The molecular weight excluding hydrogens is 176 g/mol. The molecule has 1 unspecified atom stereocenters. The van der Waals surface area contributed by atoms with Gasteiger partial charge in [0, 0.05) is 5.75 Å². The Morgan fingerprint density at radius 3 is 2.62 bits per heavy atom. The average molecular weight is 192 g/mol. The third-order valence-corrected chi connectivity index (χ3v) is 3.95. The topological polar surface area (TPSA) is 0 Å². The first-order valence-electron chi connectivity index (χ1n) is 5.06. The molecule has 1 aliphatic heterocycles. The molecule has 1 aromatic carbocycles. The van der Waals surface area contributed by atoms with Gasteiger partial charge in [0.25, 0.3) is 0 Å². The third-order valence-electron chi connectivity index (χ3n) is 2.79. The van der Waals surface area contributed by atoms with Crippen molar-refractivity contribution in [2.24, 2.45) is 0 Å². The zero-order valence-corrected chi connectivity index (χ0v) is 8.94. The largest absolute Gasteiger partial charge is 0.161 e. The molecule has 13 heavy (non-hydrogen) atoms. The van der Waals surface area contributed by atoms with Crippen LogP contribution in [0.5, 0.6) is 0 Å². The summed E-state index contributed by atoms with van der Waals surface area (Å²) in [6.07, 6.45) is 2.52. The van der Waals surface area contributed by atoms with Gasteiger partial charge in [0.2, 0.25) is 0 Å². The van der Waals surface area contributed by atoms with Crippen molar-refractivity contribution in [3.05, 3.63) is 35.4 Å². The fourth-order valence-electron chi connectivity index (χ4n) is 1.82. The molecule has 1 saturated heterocycles. The summed E-state index contributed by atoms with van der Waals surface area (Å²) in [6, 6.07) is 9.18. The molecule has 1 heterocycles. The van der Waals surface area contributed by atoms with Crippen LogP contribution in [0.2, 0.25) is 0 Å². The summed E-state index contributed by atoms with van der Waals surface area (Å²) in [4.78, 5) is 0. The molecule has 2 rings (SSSR count). The number of aryl methyl sites for hydroxylation is 1. The van der Waals surface area contributed by atoms with Gasteiger partial charge in [-0.25, -0.2) is 0 Å². The summed E-state index contributed by atoms with van der Waals surface area (Å²) in [7, 11) is 0. The summed E-state index contributed by atoms with van der Waals surface area (Å²) in [5.74, 6) is 3.50. The van der Waals surface area contributed by atoms with Crippen LogP contribution in [0.1, 0.15) is 30.4 Å². The van der Waals surface area contributed by atoms with E-state index in [-0.39, 0.29) is 0 Å². The van der Waals surface area contributed by atoms with Crippen molar-refractivity contribution in [1.29, 1.82) is 0 Å². The zero-order valence-electron chi connectivity index (χ0n) is 8.12. The highest BCUT2D eigenvalue weighted by atomic mass is 32.2. The second-order valence-corrected chi connectivity index (χ2v) is 4.81. The van der Waals surface area contributed by atoms with Gasteiger partial charge >= 0.3 is 0 Å². The molecule has 0 aromatic heterocycles. The number of rotatable bonds is 2. The van der Waals surface area contributed by atoms with Gasteiger partial charge in [-0.1, -0.05) is 31.2 Å². The van der Waals surface area contributed by atoms with E-state index in [9.17, 15) is 0 Å². The predicted octanol–water partition coefficient (Wildman–Crippen LogP) is 3.47. The van der Waals surface area contributed by atoms with Gasteiger partial charge in [0.05, 0.1) is 0 Å². The molecule has 0 aliphatic carbocycles. The third kappa shape index (κ3) is 2.08. The van der Waals surface area contributed by atoms with Crippen LogP contribution in [0.25, 0.3) is 0 Å². The van der Waals surface area contributed by atoms with Crippen LogP contribution in [0.4, 0.5) is 0 Å². The van der Waals surface area contributed by atoms with Gasteiger partial charge in [-0.3, -0.25) is 0 Å². The number of hydrogen-bond acceptors (Lipinski definition) is 1. The molecule has 0 saturated carbocycles. The highest BCUT2D eigenvalue weighted by Crippen LogP contribution is 2.32. The molecule has 0 bridgehead atoms. The lowest BCUT2D eigenvalue weighted by Crippen LogP contribution is -1.95. The molecular formula is C12H16S. The maximum atomic E-state index is 2.31. The summed E-state index contributed by atoms with van der Waals surface area (Å²) >= 11 is 2.09. The van der Waals surface area contributed by atoms with Crippen molar-refractivity contribution in [2.45, 2.75) is 25.7 Å². The Morgan fingerprint density at radius 1 is 1.31 bits per heavy atom. The summed E-state index contributed by atoms with van der Waals surface area (Å²) in [5.41, 5.74) is 3.00. The molecule has 1 fully saturated rings. The zero-order chi connectivity index (χ0) is 9.10. The molecule has 0 radical (unpaired) electrons. The Hall–Kier alpha value is -0.430. The van der Waals surface area contributed by atoms with Gasteiger partial charge in [-0.2, -0.15) is 11.8 Å². The van der Waals surface area contributed by atoms with Crippen molar-refractivity contribution < 1.29 is 0 Å². The van der Waals surface area contributed by atoms with Gasteiger partial charge in [0.15, 0.2) is 0 Å². The second-order valence-electron chi connectivity index (χ2n) is 3.66. The quantitative estimate of drug-likeness (QED) is 0.691. The number of hydrogen-bond donors (Lipinski definition) is 0. The summed E-state index contributed by atoms with van der Waals surface area (Å²) in [5, 5.41) is 0. The lowest BCUT2D eigenvalue weighted by atomic mass is 9.97. The smallest absolute Gasteiger partial charge is 0.000177 e. The minimum absolute atomic E-state index is 0.830. The second kappa shape index (κ2) is 4.19. The van der Waals surface area contributed by atoms with E-state index in [1.807, 2.05) is 0 Å². The van der Waals surface area contributed by atoms with Gasteiger partial charge in [-0.05, 0) is 35.6 Å². The molecule has 1 atom stereocenters.